The van der Waals surface area contributed by atoms with Crippen LogP contribution in [0.2, 0.25) is 0 Å². The Morgan fingerprint density at radius 1 is 1.27 bits per heavy atom. The van der Waals surface area contributed by atoms with Gasteiger partial charge in [-0.25, -0.2) is 4.98 Å². The van der Waals surface area contributed by atoms with Gasteiger partial charge in [0.05, 0.1) is 30.3 Å². The van der Waals surface area contributed by atoms with Crippen LogP contribution in [0.4, 0.5) is 5.69 Å². The first-order valence-corrected chi connectivity index (χ1v) is 8.12. The van der Waals surface area contributed by atoms with E-state index in [1.165, 1.54) is 12.5 Å². The van der Waals surface area contributed by atoms with Gasteiger partial charge >= 0.3 is 0 Å². The van der Waals surface area contributed by atoms with Crippen LogP contribution in [0, 0.1) is 6.92 Å². The van der Waals surface area contributed by atoms with Crippen LogP contribution in [-0.2, 0) is 0 Å². The number of imidazole rings is 1. The Morgan fingerprint density at radius 2 is 2.15 bits per heavy atom. The first-order valence-electron chi connectivity index (χ1n) is 8.12. The van der Waals surface area contributed by atoms with E-state index < -0.39 is 0 Å². The van der Waals surface area contributed by atoms with Crippen molar-refractivity contribution in [2.24, 2.45) is 0 Å². The predicted octanol–water partition coefficient (Wildman–Crippen LogP) is 4.16. The topological polar surface area (TPSA) is 68.8 Å². The molecule has 0 aliphatic carbocycles. The smallest absolute Gasteiger partial charge is 0.259 e. The Morgan fingerprint density at radius 3 is 2.88 bits per heavy atom. The lowest BCUT2D eigenvalue weighted by molar-refractivity contribution is 0.102. The number of hydrogen-bond acceptors (Lipinski definition) is 4. The zero-order valence-electron chi connectivity index (χ0n) is 14.4. The summed E-state index contributed by atoms with van der Waals surface area (Å²) in [4.78, 5) is 17.0. The minimum atomic E-state index is -0.264. The van der Waals surface area contributed by atoms with E-state index in [1.807, 2.05) is 54.0 Å². The Bertz CT molecular complexity index is 1080. The maximum atomic E-state index is 12.3. The summed E-state index contributed by atoms with van der Waals surface area (Å²) in [7, 11) is 1.57. The fourth-order valence-electron chi connectivity index (χ4n) is 2.85. The number of carbonyl (C=O) groups excluding carboxylic acids is 1. The van der Waals surface area contributed by atoms with E-state index in [0.29, 0.717) is 17.0 Å². The highest BCUT2D eigenvalue weighted by Crippen LogP contribution is 2.31. The van der Waals surface area contributed by atoms with E-state index in [1.54, 1.807) is 13.2 Å². The minimum Gasteiger partial charge on any atom is -0.495 e. The number of anilines is 1. The standard InChI is InChI=1S/C20H17N3O3/c1-13-4-3-8-23-11-17(21-19(13)23)14-5-6-18(25-2)16(10-14)22-20(24)15-7-9-26-12-15/h3-12H,1-2H3,(H,22,24). The molecule has 0 aliphatic heterocycles. The number of amides is 1. The molecule has 0 atom stereocenters. The highest BCUT2D eigenvalue weighted by molar-refractivity contribution is 6.05. The Hall–Kier alpha value is -3.54. The number of pyridine rings is 1. The molecule has 1 N–H and O–H groups in total. The lowest BCUT2D eigenvalue weighted by Gasteiger charge is -2.11. The van der Waals surface area contributed by atoms with Gasteiger partial charge in [0, 0.05) is 18.0 Å². The predicted molar refractivity (Wildman–Crippen MR) is 98.6 cm³/mol. The number of aryl methyl sites for hydroxylation is 1. The Kier molecular flexibility index (Phi) is 3.93. The van der Waals surface area contributed by atoms with E-state index in [4.69, 9.17) is 14.1 Å². The number of benzene rings is 1. The maximum Gasteiger partial charge on any atom is 0.259 e. The average molecular weight is 347 g/mol. The fourth-order valence-corrected chi connectivity index (χ4v) is 2.85. The molecule has 3 heterocycles. The molecular formula is C20H17N3O3. The number of fused-ring (bicyclic) bond motifs is 1. The molecule has 6 heteroatoms. The number of methoxy groups -OCH3 is 1. The molecule has 3 aromatic heterocycles. The van der Waals surface area contributed by atoms with Crippen LogP contribution in [0.3, 0.4) is 0 Å². The van der Waals surface area contributed by atoms with Crippen molar-refractivity contribution >= 4 is 17.2 Å². The van der Waals surface area contributed by atoms with Crippen molar-refractivity contribution in [2.45, 2.75) is 6.92 Å². The van der Waals surface area contributed by atoms with Gasteiger partial charge in [-0.05, 0) is 42.8 Å². The summed E-state index contributed by atoms with van der Waals surface area (Å²) in [6.07, 6.45) is 6.79. The first kappa shape index (κ1) is 16.0. The number of furan rings is 1. The average Bonchev–Trinajstić information content (AvgIpc) is 3.32. The van der Waals surface area contributed by atoms with E-state index in [0.717, 1.165) is 22.5 Å². The zero-order valence-corrected chi connectivity index (χ0v) is 14.4. The van der Waals surface area contributed by atoms with E-state index >= 15 is 0 Å². The van der Waals surface area contributed by atoms with Gasteiger partial charge in [-0.2, -0.15) is 0 Å². The van der Waals surface area contributed by atoms with Crippen molar-refractivity contribution < 1.29 is 13.9 Å². The van der Waals surface area contributed by atoms with Gasteiger partial charge in [0.1, 0.15) is 17.7 Å². The van der Waals surface area contributed by atoms with Crippen molar-refractivity contribution in [3.63, 3.8) is 0 Å². The van der Waals surface area contributed by atoms with Crippen molar-refractivity contribution in [1.82, 2.24) is 9.38 Å². The highest BCUT2D eigenvalue weighted by atomic mass is 16.5. The van der Waals surface area contributed by atoms with Crippen LogP contribution in [0.5, 0.6) is 5.75 Å². The first-order chi connectivity index (χ1) is 12.7. The third-order valence-electron chi connectivity index (χ3n) is 4.20. The molecule has 26 heavy (non-hydrogen) atoms. The van der Waals surface area contributed by atoms with E-state index in [-0.39, 0.29) is 5.91 Å². The molecule has 0 saturated heterocycles. The molecule has 0 fully saturated rings. The number of nitrogens with zero attached hydrogens (tertiary/aromatic N) is 2. The maximum absolute atomic E-state index is 12.3. The quantitative estimate of drug-likeness (QED) is 0.602. The molecular weight excluding hydrogens is 330 g/mol. The normalized spacial score (nSPS) is 10.8. The van der Waals surface area contributed by atoms with Crippen LogP contribution in [0.25, 0.3) is 16.9 Å². The molecule has 4 aromatic rings. The van der Waals surface area contributed by atoms with Gasteiger partial charge in [0.15, 0.2) is 0 Å². The van der Waals surface area contributed by atoms with Gasteiger partial charge in [0.25, 0.3) is 5.91 Å². The summed E-state index contributed by atoms with van der Waals surface area (Å²) in [5.74, 6) is 0.311. The second-order valence-electron chi connectivity index (χ2n) is 5.93. The lowest BCUT2D eigenvalue weighted by Crippen LogP contribution is -2.11. The molecule has 0 spiro atoms. The van der Waals surface area contributed by atoms with Gasteiger partial charge in [-0.15, -0.1) is 0 Å². The summed E-state index contributed by atoms with van der Waals surface area (Å²) in [6, 6.07) is 11.2. The monoisotopic (exact) mass is 347 g/mol. The van der Waals surface area contributed by atoms with Crippen LogP contribution < -0.4 is 10.1 Å². The van der Waals surface area contributed by atoms with Gasteiger partial charge in [0.2, 0.25) is 0 Å². The zero-order chi connectivity index (χ0) is 18.1. The van der Waals surface area contributed by atoms with Gasteiger partial charge in [-0.1, -0.05) is 6.07 Å². The Balaban J connectivity index is 1.73. The molecule has 1 amide bonds. The lowest BCUT2D eigenvalue weighted by atomic mass is 10.1. The van der Waals surface area contributed by atoms with Crippen LogP contribution in [0.1, 0.15) is 15.9 Å². The third-order valence-corrected chi connectivity index (χ3v) is 4.20. The molecule has 0 unspecified atom stereocenters. The number of carbonyl (C=O) groups is 1. The molecule has 0 saturated carbocycles. The van der Waals surface area contributed by atoms with Gasteiger partial charge < -0.3 is 18.9 Å². The number of hydrogen-bond donors (Lipinski definition) is 1. The Labute approximate surface area is 150 Å². The van der Waals surface area contributed by atoms with Crippen molar-refractivity contribution in [3.05, 3.63) is 72.4 Å². The summed E-state index contributed by atoms with van der Waals surface area (Å²) in [5, 5.41) is 2.86. The molecule has 0 aliphatic rings. The van der Waals surface area contributed by atoms with Crippen LogP contribution in [-0.4, -0.2) is 22.4 Å². The number of nitrogens with one attached hydrogen (secondary N) is 1. The van der Waals surface area contributed by atoms with E-state index in [2.05, 4.69) is 5.32 Å². The van der Waals surface area contributed by atoms with Crippen LogP contribution in [0.15, 0.2) is 65.7 Å². The minimum absolute atomic E-state index is 0.264. The SMILES string of the molecule is COc1ccc(-c2cn3cccc(C)c3n2)cc1NC(=O)c1ccoc1. The summed E-state index contributed by atoms with van der Waals surface area (Å²) in [5.41, 5.74) is 4.73. The third kappa shape index (κ3) is 2.82. The number of ether oxygens (including phenoxy) is 1. The number of aromatic nitrogens is 2. The van der Waals surface area contributed by atoms with Crippen molar-refractivity contribution in [2.75, 3.05) is 12.4 Å². The number of rotatable bonds is 4. The summed E-state index contributed by atoms with van der Waals surface area (Å²) in [6.45, 7) is 2.02. The molecule has 1 aromatic carbocycles. The molecule has 130 valence electrons. The van der Waals surface area contributed by atoms with Gasteiger partial charge in [-0.3, -0.25) is 4.79 Å². The fraction of sp³-hybridized carbons (Fsp3) is 0.100. The van der Waals surface area contributed by atoms with Crippen molar-refractivity contribution in [1.29, 1.82) is 0 Å². The van der Waals surface area contributed by atoms with Crippen molar-refractivity contribution in [3.8, 4) is 17.0 Å². The highest BCUT2D eigenvalue weighted by Gasteiger charge is 2.13. The molecule has 0 bridgehead atoms. The second-order valence-corrected chi connectivity index (χ2v) is 5.93. The summed E-state index contributed by atoms with van der Waals surface area (Å²) >= 11 is 0. The molecule has 0 radical (unpaired) electrons. The van der Waals surface area contributed by atoms with Crippen LogP contribution >= 0.6 is 0 Å². The largest absolute Gasteiger partial charge is 0.495 e. The second kappa shape index (κ2) is 6.40. The summed E-state index contributed by atoms with van der Waals surface area (Å²) < 4.78 is 12.3. The molecule has 6 nitrogen and oxygen atoms in total. The van der Waals surface area contributed by atoms with E-state index in [9.17, 15) is 4.79 Å². The molecule has 4 rings (SSSR count).